The number of aryl methyl sites for hydroxylation is 1. The number of nitrogens with one attached hydrogen (secondary N) is 1. The van der Waals surface area contributed by atoms with E-state index in [0.29, 0.717) is 12.1 Å². The highest BCUT2D eigenvalue weighted by Crippen LogP contribution is 2.30. The van der Waals surface area contributed by atoms with Gasteiger partial charge in [-0.25, -0.2) is 17.7 Å². The maximum Gasteiger partial charge on any atom is 0.253 e. The van der Waals surface area contributed by atoms with Gasteiger partial charge in [-0.3, -0.25) is 4.79 Å². The predicted octanol–water partition coefficient (Wildman–Crippen LogP) is 3.96. The van der Waals surface area contributed by atoms with Gasteiger partial charge >= 0.3 is 0 Å². The molecule has 1 saturated heterocycles. The van der Waals surface area contributed by atoms with Crippen LogP contribution in [0.15, 0.2) is 40.6 Å². The lowest BCUT2D eigenvalue weighted by Crippen LogP contribution is -2.28. The van der Waals surface area contributed by atoms with Crippen molar-refractivity contribution in [2.45, 2.75) is 31.2 Å². The number of hydrogen-bond acceptors (Lipinski definition) is 7. The largest absolute Gasteiger partial charge is 0.371 e. The molecule has 2 aromatic heterocycles. The Morgan fingerprint density at radius 1 is 1.19 bits per heavy atom. The Hall–Kier alpha value is -2.27. The van der Waals surface area contributed by atoms with E-state index in [2.05, 4.69) is 15.2 Å². The van der Waals surface area contributed by atoms with E-state index in [0.717, 1.165) is 56.4 Å². The molecule has 4 rings (SSSR count). The summed E-state index contributed by atoms with van der Waals surface area (Å²) in [4.78, 5) is 22.0. The van der Waals surface area contributed by atoms with Crippen molar-refractivity contribution in [3.8, 4) is 10.6 Å². The summed E-state index contributed by atoms with van der Waals surface area (Å²) in [7, 11) is -0.659. The van der Waals surface area contributed by atoms with Gasteiger partial charge < -0.3 is 10.2 Å². The topological polar surface area (TPSA) is 82.6 Å². The molecule has 3 heterocycles. The van der Waals surface area contributed by atoms with Crippen molar-refractivity contribution < 1.29 is 13.2 Å². The van der Waals surface area contributed by atoms with Crippen LogP contribution in [0.2, 0.25) is 0 Å². The summed E-state index contributed by atoms with van der Waals surface area (Å²) in [5.41, 5.74) is 2.12. The highest BCUT2D eigenvalue weighted by atomic mass is 32.2. The Morgan fingerprint density at radius 3 is 2.59 bits per heavy atom. The van der Waals surface area contributed by atoms with Crippen LogP contribution in [-0.4, -0.2) is 50.8 Å². The zero-order chi connectivity index (χ0) is 22.9. The molecule has 1 aliphatic rings. The first kappa shape index (κ1) is 22.9. The molecule has 0 saturated carbocycles. The number of anilines is 1. The third-order valence-electron chi connectivity index (χ3n) is 5.39. The first-order chi connectivity index (χ1) is 15.3. The van der Waals surface area contributed by atoms with Gasteiger partial charge in [0.05, 0.1) is 32.6 Å². The van der Waals surface area contributed by atoms with Crippen molar-refractivity contribution in [1.82, 2.24) is 14.6 Å². The fraction of sp³-hybridized carbons (Fsp3) is 0.364. The summed E-state index contributed by atoms with van der Waals surface area (Å²) in [6, 6.07) is 8.84. The van der Waals surface area contributed by atoms with Crippen LogP contribution in [0.5, 0.6) is 0 Å². The van der Waals surface area contributed by atoms with Gasteiger partial charge in [-0.1, -0.05) is 0 Å². The van der Waals surface area contributed by atoms with Crippen LogP contribution >= 0.6 is 22.7 Å². The summed E-state index contributed by atoms with van der Waals surface area (Å²) < 4.78 is 26.4. The molecule has 3 aromatic rings. The molecule has 1 aromatic carbocycles. The second-order valence-corrected chi connectivity index (χ2v) is 12.2. The number of nitrogens with zero attached hydrogens (tertiary/aromatic N) is 3. The minimum Gasteiger partial charge on any atom is -0.371 e. The minimum atomic E-state index is -3.63. The van der Waals surface area contributed by atoms with Gasteiger partial charge in [0.15, 0.2) is 0 Å². The molecular formula is C22H26N4O3S3. The van der Waals surface area contributed by atoms with Crippen LogP contribution in [-0.2, 0) is 16.6 Å². The normalized spacial score (nSPS) is 14.3. The number of benzene rings is 1. The molecule has 1 aliphatic heterocycles. The molecule has 0 spiro atoms. The van der Waals surface area contributed by atoms with Gasteiger partial charge in [-0.05, 0) is 50.1 Å². The van der Waals surface area contributed by atoms with Crippen molar-refractivity contribution in [2.75, 3.05) is 32.1 Å². The summed E-state index contributed by atoms with van der Waals surface area (Å²) in [5.74, 6) is -0.276. The van der Waals surface area contributed by atoms with E-state index in [1.165, 1.54) is 20.2 Å². The maximum absolute atomic E-state index is 13.2. The van der Waals surface area contributed by atoms with Crippen LogP contribution in [0.3, 0.4) is 0 Å². The average molecular weight is 491 g/mol. The van der Waals surface area contributed by atoms with Crippen molar-refractivity contribution >= 4 is 44.3 Å². The zero-order valence-corrected chi connectivity index (χ0v) is 20.7. The minimum absolute atomic E-state index is 0.118. The monoisotopic (exact) mass is 490 g/mol. The van der Waals surface area contributed by atoms with Crippen molar-refractivity contribution in [3.05, 3.63) is 51.2 Å². The SMILES string of the molecule is Cc1nc(-c2ccc(CNC(=O)c3cc(S(=O)(=O)N(C)C)ccc3N3CCCC3)s2)cs1. The third-order valence-corrected chi connectivity index (χ3v) is 9.09. The Morgan fingerprint density at radius 2 is 1.94 bits per heavy atom. The quantitative estimate of drug-likeness (QED) is 0.542. The lowest BCUT2D eigenvalue weighted by molar-refractivity contribution is 0.0951. The Labute approximate surface area is 196 Å². The van der Waals surface area contributed by atoms with E-state index in [1.807, 2.05) is 24.4 Å². The van der Waals surface area contributed by atoms with Crippen LogP contribution < -0.4 is 10.2 Å². The molecule has 0 unspecified atom stereocenters. The molecule has 0 atom stereocenters. The lowest BCUT2D eigenvalue weighted by atomic mass is 10.1. The maximum atomic E-state index is 13.2. The number of aromatic nitrogens is 1. The molecule has 0 radical (unpaired) electrons. The fourth-order valence-electron chi connectivity index (χ4n) is 3.65. The van der Waals surface area contributed by atoms with E-state index in [9.17, 15) is 13.2 Å². The molecule has 1 amide bonds. The third kappa shape index (κ3) is 4.73. The van der Waals surface area contributed by atoms with Crippen LogP contribution in [0.4, 0.5) is 5.69 Å². The van der Waals surface area contributed by atoms with Crippen LogP contribution in [0, 0.1) is 6.92 Å². The first-order valence-corrected chi connectivity index (χ1v) is 13.5. The predicted molar refractivity (Wildman–Crippen MR) is 130 cm³/mol. The zero-order valence-electron chi connectivity index (χ0n) is 18.3. The molecule has 10 heteroatoms. The number of thiophene rings is 1. The number of carbonyl (C=O) groups excluding carboxylic acids is 1. The lowest BCUT2D eigenvalue weighted by Gasteiger charge is -2.22. The van der Waals surface area contributed by atoms with E-state index < -0.39 is 10.0 Å². The Bertz CT molecular complexity index is 1220. The molecule has 0 bridgehead atoms. The smallest absolute Gasteiger partial charge is 0.253 e. The number of thiazole rings is 1. The van der Waals surface area contributed by atoms with Gasteiger partial charge in [0.2, 0.25) is 10.0 Å². The first-order valence-electron chi connectivity index (χ1n) is 10.4. The van der Waals surface area contributed by atoms with Crippen molar-refractivity contribution in [3.63, 3.8) is 0 Å². The average Bonchev–Trinajstić information content (AvgIpc) is 3.53. The second-order valence-electron chi connectivity index (χ2n) is 7.86. The molecule has 1 N–H and O–H groups in total. The number of rotatable bonds is 7. The van der Waals surface area contributed by atoms with E-state index in [4.69, 9.17) is 0 Å². The fourth-order valence-corrected chi connectivity index (χ4v) is 6.18. The van der Waals surface area contributed by atoms with Crippen molar-refractivity contribution in [2.24, 2.45) is 0 Å². The summed E-state index contributed by atoms with van der Waals surface area (Å²) in [5, 5.41) is 6.02. The van der Waals surface area contributed by atoms with E-state index >= 15 is 0 Å². The van der Waals surface area contributed by atoms with Crippen molar-refractivity contribution in [1.29, 1.82) is 0 Å². The summed E-state index contributed by atoms with van der Waals surface area (Å²) >= 11 is 3.21. The number of sulfonamides is 1. The molecule has 0 aliphatic carbocycles. The number of hydrogen-bond donors (Lipinski definition) is 1. The van der Waals surface area contributed by atoms with E-state index in [-0.39, 0.29) is 10.8 Å². The Balaban J connectivity index is 1.57. The van der Waals surface area contributed by atoms with Gasteiger partial charge in [-0.2, -0.15) is 0 Å². The summed E-state index contributed by atoms with van der Waals surface area (Å²) in [6.07, 6.45) is 2.12. The van der Waals surface area contributed by atoms with Gasteiger partial charge in [0.1, 0.15) is 0 Å². The van der Waals surface area contributed by atoms with Gasteiger partial charge in [0.25, 0.3) is 5.91 Å². The Kier molecular flexibility index (Phi) is 6.66. The molecular weight excluding hydrogens is 464 g/mol. The van der Waals surface area contributed by atoms with Gasteiger partial charge in [0, 0.05) is 43.1 Å². The molecule has 1 fully saturated rings. The molecule has 32 heavy (non-hydrogen) atoms. The highest BCUT2D eigenvalue weighted by molar-refractivity contribution is 7.89. The molecule has 7 nitrogen and oxygen atoms in total. The van der Waals surface area contributed by atoms with Gasteiger partial charge in [-0.15, -0.1) is 22.7 Å². The highest BCUT2D eigenvalue weighted by Gasteiger charge is 2.24. The summed E-state index contributed by atoms with van der Waals surface area (Å²) in [6.45, 7) is 4.07. The van der Waals surface area contributed by atoms with E-state index in [1.54, 1.807) is 34.8 Å². The number of carbonyl (C=O) groups is 1. The standard InChI is InChI=1S/C22H26N4O3S3/c1-15-24-19(14-30-15)21-9-6-16(31-21)13-23-22(27)18-12-17(32(28,29)25(2)3)7-8-20(18)26-10-4-5-11-26/h6-9,12,14H,4-5,10-11,13H2,1-3H3,(H,23,27). The van der Waals surface area contributed by atoms with Crippen LogP contribution in [0.25, 0.3) is 10.6 Å². The van der Waals surface area contributed by atoms with Crippen LogP contribution in [0.1, 0.15) is 33.1 Å². The second kappa shape index (κ2) is 9.30. The molecule has 170 valence electrons. The number of amides is 1.